The van der Waals surface area contributed by atoms with Crippen molar-refractivity contribution in [2.45, 2.75) is 52.2 Å². The number of benzene rings is 1. The molecule has 11 nitrogen and oxygen atoms in total. The molecule has 0 aliphatic carbocycles. The lowest BCUT2D eigenvalue weighted by molar-refractivity contribution is 0.0634. The Morgan fingerprint density at radius 2 is 1.78 bits per heavy atom. The van der Waals surface area contributed by atoms with E-state index in [-0.39, 0.29) is 16.9 Å². The van der Waals surface area contributed by atoms with Crippen LogP contribution in [-0.4, -0.2) is 62.0 Å². The highest BCUT2D eigenvalue weighted by molar-refractivity contribution is 7.17. The highest BCUT2D eigenvalue weighted by Gasteiger charge is 2.21. The Morgan fingerprint density at radius 1 is 1.11 bits per heavy atom. The number of piperidine rings is 1. The predicted molar refractivity (Wildman–Crippen MR) is 142 cm³/mol. The Morgan fingerprint density at radius 3 is 2.38 bits per heavy atom. The van der Waals surface area contributed by atoms with Gasteiger partial charge in [0.25, 0.3) is 0 Å². The van der Waals surface area contributed by atoms with Crippen molar-refractivity contribution in [2.75, 3.05) is 28.6 Å². The van der Waals surface area contributed by atoms with Crippen molar-refractivity contribution in [3.8, 4) is 11.3 Å². The largest absolute Gasteiger partial charge is 0.477 e. The Bertz CT molecular complexity index is 1280. The van der Waals surface area contributed by atoms with Crippen molar-refractivity contribution in [2.24, 2.45) is 0 Å². The van der Waals surface area contributed by atoms with Crippen molar-refractivity contribution >= 4 is 46.0 Å². The number of hydrogen-bond donors (Lipinski definition) is 4. The molecule has 1 aliphatic rings. The zero-order chi connectivity index (χ0) is 26.7. The standard InChI is InChI=1S/C25H30N6O5S/c1-14-20(21(33)34)37-23(26-14)30-22-28-18(13-19(29-22)31-11-9-17(32)10-12-31)15-5-7-16(8-6-15)27-24(35)36-25(2,3)4/h5-8,13,17,32H,9-12H2,1-4H3,(H,27,35)(H,33,34)(H,26,28,29,30). The van der Waals surface area contributed by atoms with Gasteiger partial charge in [0.1, 0.15) is 16.3 Å². The lowest BCUT2D eigenvalue weighted by Gasteiger charge is -2.30. The van der Waals surface area contributed by atoms with Crippen LogP contribution >= 0.6 is 11.3 Å². The van der Waals surface area contributed by atoms with Gasteiger partial charge >= 0.3 is 12.1 Å². The normalized spacial score (nSPS) is 14.4. The minimum atomic E-state index is -1.04. The number of carbonyl (C=O) groups excluding carboxylic acids is 1. The first-order valence-electron chi connectivity index (χ1n) is 11.9. The van der Waals surface area contributed by atoms with Crippen molar-refractivity contribution in [3.63, 3.8) is 0 Å². The molecule has 3 aromatic rings. The number of amides is 1. The molecule has 0 saturated carbocycles. The zero-order valence-corrected chi connectivity index (χ0v) is 21.9. The van der Waals surface area contributed by atoms with E-state index in [0.29, 0.717) is 54.0 Å². The van der Waals surface area contributed by atoms with Gasteiger partial charge in [-0.05, 0) is 52.7 Å². The second-order valence-corrected chi connectivity index (χ2v) is 10.7. The van der Waals surface area contributed by atoms with Crippen LogP contribution in [0.15, 0.2) is 30.3 Å². The van der Waals surface area contributed by atoms with E-state index < -0.39 is 17.7 Å². The van der Waals surface area contributed by atoms with E-state index in [1.54, 1.807) is 39.8 Å². The SMILES string of the molecule is Cc1nc(Nc2nc(-c3ccc(NC(=O)OC(C)(C)C)cc3)cc(N3CCC(O)CC3)n2)sc1C(=O)O. The number of carboxylic acid groups (broad SMARTS) is 1. The van der Waals surface area contributed by atoms with E-state index in [9.17, 15) is 19.8 Å². The Labute approximate surface area is 218 Å². The van der Waals surface area contributed by atoms with Crippen LogP contribution in [0.2, 0.25) is 0 Å². The molecule has 1 amide bonds. The first-order chi connectivity index (χ1) is 17.5. The number of rotatable bonds is 6. The summed E-state index contributed by atoms with van der Waals surface area (Å²) in [5, 5.41) is 25.4. The smallest absolute Gasteiger partial charge is 0.412 e. The number of nitrogens with one attached hydrogen (secondary N) is 2. The highest BCUT2D eigenvalue weighted by atomic mass is 32.1. The lowest BCUT2D eigenvalue weighted by atomic mass is 10.1. The van der Waals surface area contributed by atoms with Crippen LogP contribution < -0.4 is 15.5 Å². The highest BCUT2D eigenvalue weighted by Crippen LogP contribution is 2.30. The van der Waals surface area contributed by atoms with Crippen molar-refractivity contribution in [3.05, 3.63) is 40.9 Å². The fourth-order valence-corrected chi connectivity index (χ4v) is 4.58. The van der Waals surface area contributed by atoms with Gasteiger partial charge in [0.2, 0.25) is 5.95 Å². The van der Waals surface area contributed by atoms with Crippen molar-refractivity contribution in [1.82, 2.24) is 15.0 Å². The average Bonchev–Trinajstić information content (AvgIpc) is 3.18. The van der Waals surface area contributed by atoms with Crippen LogP contribution in [-0.2, 0) is 4.74 Å². The summed E-state index contributed by atoms with van der Waals surface area (Å²) in [6, 6.07) is 9.05. The van der Waals surface area contributed by atoms with Crippen LogP contribution in [0.25, 0.3) is 11.3 Å². The van der Waals surface area contributed by atoms with Crippen molar-refractivity contribution in [1.29, 1.82) is 0 Å². The third-order valence-electron chi connectivity index (χ3n) is 5.54. The third kappa shape index (κ3) is 6.92. The van der Waals surface area contributed by atoms with Gasteiger partial charge in [-0.3, -0.25) is 10.6 Å². The van der Waals surface area contributed by atoms with Crippen molar-refractivity contribution < 1.29 is 24.5 Å². The van der Waals surface area contributed by atoms with E-state index in [1.807, 2.05) is 18.2 Å². The van der Waals surface area contributed by atoms with E-state index in [0.717, 1.165) is 16.9 Å². The quantitative estimate of drug-likeness (QED) is 0.357. The van der Waals surface area contributed by atoms with Crippen LogP contribution in [0.4, 0.5) is 27.4 Å². The number of hydrogen-bond acceptors (Lipinski definition) is 10. The molecule has 1 saturated heterocycles. The molecule has 0 radical (unpaired) electrons. The summed E-state index contributed by atoms with van der Waals surface area (Å²) >= 11 is 1.02. The van der Waals surface area contributed by atoms with Gasteiger partial charge in [0.05, 0.1) is 17.5 Å². The Balaban J connectivity index is 1.61. The number of aliphatic hydroxyl groups excluding tert-OH is 1. The maximum Gasteiger partial charge on any atom is 0.412 e. The first-order valence-corrected chi connectivity index (χ1v) is 12.7. The third-order valence-corrected chi connectivity index (χ3v) is 6.60. The van der Waals surface area contributed by atoms with Crippen LogP contribution in [0.1, 0.15) is 49.0 Å². The minimum Gasteiger partial charge on any atom is -0.477 e. The molecule has 0 bridgehead atoms. The van der Waals surface area contributed by atoms with Gasteiger partial charge in [-0.2, -0.15) is 4.98 Å². The molecule has 12 heteroatoms. The molecular weight excluding hydrogens is 496 g/mol. The maximum absolute atomic E-state index is 12.1. The Hall–Kier alpha value is -3.77. The number of aryl methyl sites for hydroxylation is 1. The molecule has 37 heavy (non-hydrogen) atoms. The number of thiazole rings is 1. The Kier molecular flexibility index (Phi) is 7.60. The molecule has 4 rings (SSSR count). The number of carbonyl (C=O) groups is 2. The van der Waals surface area contributed by atoms with Gasteiger partial charge in [-0.25, -0.2) is 19.6 Å². The van der Waals surface area contributed by atoms with E-state index in [1.165, 1.54) is 0 Å². The molecule has 1 aromatic carbocycles. The number of aromatic carboxylic acids is 1. The van der Waals surface area contributed by atoms with E-state index in [2.05, 4.69) is 30.5 Å². The van der Waals surface area contributed by atoms with Crippen LogP contribution in [0.3, 0.4) is 0 Å². The fraction of sp³-hybridized carbons (Fsp3) is 0.400. The maximum atomic E-state index is 12.1. The van der Waals surface area contributed by atoms with Gasteiger partial charge < -0.3 is 19.8 Å². The molecule has 1 aliphatic heterocycles. The molecule has 4 N–H and O–H groups in total. The number of nitrogens with zero attached hydrogens (tertiary/aromatic N) is 4. The molecule has 1 fully saturated rings. The predicted octanol–water partition coefficient (Wildman–Crippen LogP) is 4.66. The van der Waals surface area contributed by atoms with Crippen LogP contribution in [0, 0.1) is 6.92 Å². The lowest BCUT2D eigenvalue weighted by Crippen LogP contribution is -2.36. The fourth-order valence-electron chi connectivity index (χ4n) is 3.78. The molecule has 0 unspecified atom stereocenters. The van der Waals surface area contributed by atoms with Crippen LogP contribution in [0.5, 0.6) is 0 Å². The number of anilines is 4. The summed E-state index contributed by atoms with van der Waals surface area (Å²) in [7, 11) is 0. The molecular formula is C25H30N6O5S. The molecule has 3 heterocycles. The topological polar surface area (TPSA) is 150 Å². The zero-order valence-electron chi connectivity index (χ0n) is 21.1. The summed E-state index contributed by atoms with van der Waals surface area (Å²) in [5.41, 5.74) is 1.81. The molecule has 0 spiro atoms. The number of carboxylic acids is 1. The number of ether oxygens (including phenoxy) is 1. The summed E-state index contributed by atoms with van der Waals surface area (Å²) in [5.74, 6) is -0.0762. The van der Waals surface area contributed by atoms with E-state index >= 15 is 0 Å². The first kappa shape index (κ1) is 26.3. The van der Waals surface area contributed by atoms with Gasteiger partial charge in [-0.1, -0.05) is 23.5 Å². The molecule has 0 atom stereocenters. The second kappa shape index (κ2) is 10.7. The van der Waals surface area contributed by atoms with Gasteiger partial charge in [0, 0.05) is 30.4 Å². The summed E-state index contributed by atoms with van der Waals surface area (Å²) in [6.07, 6.45) is 0.414. The molecule has 2 aromatic heterocycles. The number of aliphatic hydroxyl groups is 1. The summed E-state index contributed by atoms with van der Waals surface area (Å²) in [6.45, 7) is 8.33. The monoisotopic (exact) mass is 526 g/mol. The van der Waals surface area contributed by atoms with E-state index in [4.69, 9.17) is 4.74 Å². The number of aromatic nitrogens is 3. The molecule has 196 valence electrons. The second-order valence-electron chi connectivity index (χ2n) is 9.72. The summed E-state index contributed by atoms with van der Waals surface area (Å²) in [4.78, 5) is 39.3. The average molecular weight is 527 g/mol. The minimum absolute atomic E-state index is 0.150. The summed E-state index contributed by atoms with van der Waals surface area (Å²) < 4.78 is 5.30. The van der Waals surface area contributed by atoms with Gasteiger partial charge in [-0.15, -0.1) is 0 Å². The van der Waals surface area contributed by atoms with Gasteiger partial charge in [0.15, 0.2) is 5.13 Å².